The van der Waals surface area contributed by atoms with Gasteiger partial charge in [0.2, 0.25) is 0 Å². The average molecular weight is 225 g/mol. The maximum atomic E-state index is 3.76. The molecule has 96 valence electrons. The zero-order valence-corrected chi connectivity index (χ0v) is 11.6. The summed E-state index contributed by atoms with van der Waals surface area (Å²) in [7, 11) is 0. The quantitative estimate of drug-likeness (QED) is 0.647. The van der Waals surface area contributed by atoms with Crippen molar-refractivity contribution < 1.29 is 0 Å². The zero-order valence-electron chi connectivity index (χ0n) is 11.6. The average Bonchev–Trinajstić information content (AvgIpc) is 2.78. The summed E-state index contributed by atoms with van der Waals surface area (Å²) in [5.41, 5.74) is 0. The molecule has 0 spiro atoms. The second kappa shape index (κ2) is 8.11. The van der Waals surface area contributed by atoms with Crippen molar-refractivity contribution in [2.45, 2.75) is 78.2 Å². The van der Waals surface area contributed by atoms with Gasteiger partial charge in [-0.05, 0) is 37.6 Å². The maximum absolute atomic E-state index is 3.76. The molecule has 2 unspecified atom stereocenters. The molecule has 1 saturated carbocycles. The highest BCUT2D eigenvalue weighted by molar-refractivity contribution is 4.77. The first-order chi connectivity index (χ1) is 7.76. The molecule has 0 bridgehead atoms. The number of rotatable bonds is 8. The summed E-state index contributed by atoms with van der Waals surface area (Å²) in [6, 6.07) is 0.790. The summed E-state index contributed by atoms with van der Waals surface area (Å²) in [6.45, 7) is 8.18. The van der Waals surface area contributed by atoms with Crippen LogP contribution in [0.2, 0.25) is 0 Å². The molecule has 0 heterocycles. The van der Waals surface area contributed by atoms with Gasteiger partial charge in [0.05, 0.1) is 0 Å². The van der Waals surface area contributed by atoms with Crippen molar-refractivity contribution in [2.75, 3.05) is 6.54 Å². The number of hydrogen-bond acceptors (Lipinski definition) is 1. The van der Waals surface area contributed by atoms with Crippen LogP contribution in [0.4, 0.5) is 0 Å². The van der Waals surface area contributed by atoms with Crippen LogP contribution in [0.1, 0.15) is 72.1 Å². The Kier molecular flexibility index (Phi) is 7.11. The molecule has 16 heavy (non-hydrogen) atoms. The first kappa shape index (κ1) is 14.0. The van der Waals surface area contributed by atoms with Crippen LogP contribution >= 0.6 is 0 Å². The summed E-state index contributed by atoms with van der Waals surface area (Å²) in [5.74, 6) is 1.91. The standard InChI is InChI=1S/C15H31N/c1-4-10-16-15(11-13(3)5-2)12-14-8-6-7-9-14/h13-16H,4-12H2,1-3H3. The minimum Gasteiger partial charge on any atom is -0.314 e. The molecule has 0 amide bonds. The molecule has 0 aromatic heterocycles. The fraction of sp³-hybridized carbons (Fsp3) is 1.00. The molecule has 0 saturated heterocycles. The molecule has 0 aromatic carbocycles. The van der Waals surface area contributed by atoms with Crippen LogP contribution < -0.4 is 5.32 Å². The van der Waals surface area contributed by atoms with Gasteiger partial charge in [-0.2, -0.15) is 0 Å². The Balaban J connectivity index is 2.29. The Morgan fingerprint density at radius 1 is 1.19 bits per heavy atom. The van der Waals surface area contributed by atoms with Gasteiger partial charge in [0.1, 0.15) is 0 Å². The topological polar surface area (TPSA) is 12.0 Å². The molecule has 1 heteroatoms. The van der Waals surface area contributed by atoms with Gasteiger partial charge in [0.25, 0.3) is 0 Å². The van der Waals surface area contributed by atoms with Gasteiger partial charge in [-0.1, -0.05) is 52.9 Å². The van der Waals surface area contributed by atoms with E-state index < -0.39 is 0 Å². The number of nitrogens with one attached hydrogen (secondary N) is 1. The van der Waals surface area contributed by atoms with Crippen molar-refractivity contribution in [3.8, 4) is 0 Å². The minimum absolute atomic E-state index is 0.790. The van der Waals surface area contributed by atoms with Crippen molar-refractivity contribution >= 4 is 0 Å². The predicted molar refractivity (Wildman–Crippen MR) is 72.7 cm³/mol. The largest absolute Gasteiger partial charge is 0.314 e. The third-order valence-electron chi connectivity index (χ3n) is 4.16. The van der Waals surface area contributed by atoms with Crippen LogP contribution in [-0.4, -0.2) is 12.6 Å². The van der Waals surface area contributed by atoms with E-state index in [1.807, 2.05) is 0 Å². The smallest absolute Gasteiger partial charge is 0.00722 e. The van der Waals surface area contributed by atoms with Gasteiger partial charge in [-0.3, -0.25) is 0 Å². The van der Waals surface area contributed by atoms with Crippen LogP contribution in [-0.2, 0) is 0 Å². The summed E-state index contributed by atoms with van der Waals surface area (Å²) >= 11 is 0. The van der Waals surface area contributed by atoms with Gasteiger partial charge in [0, 0.05) is 6.04 Å². The SMILES string of the molecule is CCCNC(CC(C)CC)CC1CCCC1. The molecule has 1 N–H and O–H groups in total. The van der Waals surface area contributed by atoms with Gasteiger partial charge in [0.15, 0.2) is 0 Å². The van der Waals surface area contributed by atoms with E-state index in [1.165, 1.54) is 57.9 Å². The third kappa shape index (κ3) is 5.34. The van der Waals surface area contributed by atoms with Crippen LogP contribution in [0.5, 0.6) is 0 Å². The van der Waals surface area contributed by atoms with Gasteiger partial charge >= 0.3 is 0 Å². The monoisotopic (exact) mass is 225 g/mol. The summed E-state index contributed by atoms with van der Waals surface area (Å²) in [5, 5.41) is 3.76. The van der Waals surface area contributed by atoms with Crippen LogP contribution in [0.15, 0.2) is 0 Å². The van der Waals surface area contributed by atoms with Crippen molar-refractivity contribution in [3.05, 3.63) is 0 Å². The molecule has 1 aliphatic carbocycles. The lowest BCUT2D eigenvalue weighted by molar-refractivity contribution is 0.328. The molecule has 1 rings (SSSR count). The fourth-order valence-corrected chi connectivity index (χ4v) is 2.91. The van der Waals surface area contributed by atoms with Gasteiger partial charge < -0.3 is 5.32 Å². The van der Waals surface area contributed by atoms with E-state index in [0.29, 0.717) is 0 Å². The first-order valence-electron chi connectivity index (χ1n) is 7.49. The lowest BCUT2D eigenvalue weighted by Gasteiger charge is -2.24. The highest BCUT2D eigenvalue weighted by Crippen LogP contribution is 2.30. The Hall–Kier alpha value is -0.0400. The highest BCUT2D eigenvalue weighted by atomic mass is 14.9. The Morgan fingerprint density at radius 3 is 2.44 bits per heavy atom. The predicted octanol–water partition coefficient (Wildman–Crippen LogP) is 4.37. The Labute approximate surface area is 102 Å². The van der Waals surface area contributed by atoms with E-state index >= 15 is 0 Å². The summed E-state index contributed by atoms with van der Waals surface area (Å²) in [4.78, 5) is 0. The second-order valence-corrected chi connectivity index (χ2v) is 5.79. The van der Waals surface area contributed by atoms with E-state index in [1.54, 1.807) is 0 Å². The highest BCUT2D eigenvalue weighted by Gasteiger charge is 2.20. The molecule has 0 aromatic rings. The molecule has 2 atom stereocenters. The molecule has 1 aliphatic rings. The molecular weight excluding hydrogens is 194 g/mol. The van der Waals surface area contributed by atoms with Gasteiger partial charge in [-0.15, -0.1) is 0 Å². The summed E-state index contributed by atoms with van der Waals surface area (Å²) in [6.07, 6.45) is 11.4. The van der Waals surface area contributed by atoms with Crippen LogP contribution in [0, 0.1) is 11.8 Å². The van der Waals surface area contributed by atoms with Crippen molar-refractivity contribution in [1.29, 1.82) is 0 Å². The van der Waals surface area contributed by atoms with E-state index in [0.717, 1.165) is 17.9 Å². The normalized spacial score (nSPS) is 21.2. The van der Waals surface area contributed by atoms with E-state index in [2.05, 4.69) is 26.1 Å². The van der Waals surface area contributed by atoms with Gasteiger partial charge in [-0.25, -0.2) is 0 Å². The molecule has 0 radical (unpaired) electrons. The second-order valence-electron chi connectivity index (χ2n) is 5.79. The minimum atomic E-state index is 0.790. The fourth-order valence-electron chi connectivity index (χ4n) is 2.91. The Bertz CT molecular complexity index is 161. The van der Waals surface area contributed by atoms with Crippen molar-refractivity contribution in [3.63, 3.8) is 0 Å². The maximum Gasteiger partial charge on any atom is 0.00722 e. The molecule has 1 nitrogen and oxygen atoms in total. The molecule has 1 fully saturated rings. The zero-order chi connectivity index (χ0) is 11.8. The number of hydrogen-bond donors (Lipinski definition) is 1. The summed E-state index contributed by atoms with van der Waals surface area (Å²) < 4.78 is 0. The van der Waals surface area contributed by atoms with E-state index in [4.69, 9.17) is 0 Å². The van der Waals surface area contributed by atoms with Crippen LogP contribution in [0.3, 0.4) is 0 Å². The third-order valence-corrected chi connectivity index (χ3v) is 4.16. The van der Waals surface area contributed by atoms with E-state index in [-0.39, 0.29) is 0 Å². The molecular formula is C15H31N. The van der Waals surface area contributed by atoms with Crippen molar-refractivity contribution in [1.82, 2.24) is 5.32 Å². The lowest BCUT2D eigenvalue weighted by atomic mass is 9.91. The Morgan fingerprint density at radius 2 is 1.88 bits per heavy atom. The first-order valence-corrected chi connectivity index (χ1v) is 7.49. The van der Waals surface area contributed by atoms with E-state index in [9.17, 15) is 0 Å². The lowest BCUT2D eigenvalue weighted by Crippen LogP contribution is -2.33. The van der Waals surface area contributed by atoms with Crippen LogP contribution in [0.25, 0.3) is 0 Å². The molecule has 0 aliphatic heterocycles. The van der Waals surface area contributed by atoms with Crippen molar-refractivity contribution in [2.24, 2.45) is 11.8 Å².